The van der Waals surface area contributed by atoms with Gasteiger partial charge in [-0.05, 0) is 37.3 Å². The topological polar surface area (TPSA) is 44.1 Å². The van der Waals surface area contributed by atoms with Gasteiger partial charge in [-0.1, -0.05) is 48.5 Å². The molecule has 2 unspecified atom stereocenters. The summed E-state index contributed by atoms with van der Waals surface area (Å²) in [4.78, 5) is 15.6. The molecule has 2 aromatic rings. The molecule has 0 amide bonds. The average Bonchev–Trinajstić information content (AvgIpc) is 2.89. The van der Waals surface area contributed by atoms with Gasteiger partial charge in [-0.2, -0.15) is 5.26 Å². The van der Waals surface area contributed by atoms with Crippen LogP contribution in [0, 0.1) is 17.2 Å². The van der Waals surface area contributed by atoms with Gasteiger partial charge in [-0.15, -0.1) is 0 Å². The van der Waals surface area contributed by atoms with E-state index in [1.54, 1.807) is 12.1 Å². The fourth-order valence-electron chi connectivity index (χ4n) is 4.56. The van der Waals surface area contributed by atoms with Crippen molar-refractivity contribution < 1.29 is 4.79 Å². The van der Waals surface area contributed by atoms with E-state index in [2.05, 4.69) is 41.3 Å². The Labute approximate surface area is 148 Å². The third-order valence-corrected chi connectivity index (χ3v) is 5.78. The number of carbonyl (C=O) groups excluding carboxylic acids is 1. The maximum Gasteiger partial charge on any atom is 0.167 e. The van der Waals surface area contributed by atoms with E-state index < -0.39 is 0 Å². The number of ketones is 1. The molecule has 25 heavy (non-hydrogen) atoms. The van der Waals surface area contributed by atoms with Crippen LogP contribution >= 0.6 is 0 Å². The van der Waals surface area contributed by atoms with Gasteiger partial charge >= 0.3 is 0 Å². The van der Waals surface area contributed by atoms with Crippen molar-refractivity contribution in [3.05, 3.63) is 71.3 Å². The first-order valence-corrected chi connectivity index (χ1v) is 9.09. The van der Waals surface area contributed by atoms with Crippen LogP contribution in [0.1, 0.15) is 47.2 Å². The van der Waals surface area contributed by atoms with Crippen molar-refractivity contribution in [2.45, 2.75) is 44.3 Å². The van der Waals surface area contributed by atoms with Gasteiger partial charge in [-0.3, -0.25) is 9.69 Å². The van der Waals surface area contributed by atoms with Gasteiger partial charge in [0.2, 0.25) is 0 Å². The molecule has 2 aliphatic rings. The smallest absolute Gasteiger partial charge is 0.167 e. The van der Waals surface area contributed by atoms with Crippen LogP contribution in [0.4, 0.5) is 0 Å². The Morgan fingerprint density at radius 1 is 1.00 bits per heavy atom. The molecule has 2 aromatic carbocycles. The number of fused-ring (bicyclic) bond motifs is 2. The Kier molecular flexibility index (Phi) is 4.38. The van der Waals surface area contributed by atoms with Gasteiger partial charge in [0, 0.05) is 30.1 Å². The van der Waals surface area contributed by atoms with E-state index in [0.717, 1.165) is 19.4 Å². The first kappa shape index (κ1) is 16.1. The second-order valence-electron chi connectivity index (χ2n) is 7.23. The molecule has 3 nitrogen and oxygen atoms in total. The summed E-state index contributed by atoms with van der Waals surface area (Å²) in [7, 11) is 0. The van der Waals surface area contributed by atoms with E-state index >= 15 is 0 Å². The summed E-state index contributed by atoms with van der Waals surface area (Å²) in [5.41, 5.74) is 2.46. The molecule has 2 atom stereocenters. The maximum atomic E-state index is 13.0. The first-order valence-electron chi connectivity index (χ1n) is 9.09. The molecule has 2 heterocycles. The molecular weight excluding hydrogens is 308 g/mol. The molecule has 0 saturated carbocycles. The van der Waals surface area contributed by atoms with Crippen LogP contribution in [0.5, 0.6) is 0 Å². The van der Waals surface area contributed by atoms with Crippen LogP contribution in [0.2, 0.25) is 0 Å². The Bertz CT molecular complexity index is 794. The third kappa shape index (κ3) is 3.10. The highest BCUT2D eigenvalue weighted by Crippen LogP contribution is 2.40. The van der Waals surface area contributed by atoms with E-state index in [1.807, 2.05) is 12.1 Å². The molecule has 126 valence electrons. The highest BCUT2D eigenvalue weighted by molar-refractivity contribution is 6.00. The van der Waals surface area contributed by atoms with Crippen LogP contribution in [0.3, 0.4) is 0 Å². The summed E-state index contributed by atoms with van der Waals surface area (Å²) in [6, 6.07) is 21.0. The van der Waals surface area contributed by atoms with Gasteiger partial charge in [0.15, 0.2) is 5.78 Å². The molecule has 2 aliphatic heterocycles. The Morgan fingerprint density at radius 3 is 2.32 bits per heavy atom. The molecule has 0 radical (unpaired) electrons. The zero-order chi connectivity index (χ0) is 17.2. The van der Waals surface area contributed by atoms with Crippen LogP contribution in [-0.2, 0) is 6.54 Å². The summed E-state index contributed by atoms with van der Waals surface area (Å²) in [5.74, 6) is 0.215. The monoisotopic (exact) mass is 330 g/mol. The summed E-state index contributed by atoms with van der Waals surface area (Å²) in [6.45, 7) is 0.978. The zero-order valence-electron chi connectivity index (χ0n) is 14.3. The fourth-order valence-corrected chi connectivity index (χ4v) is 4.56. The number of rotatable bonds is 4. The van der Waals surface area contributed by atoms with Crippen LogP contribution in [-0.4, -0.2) is 22.8 Å². The Morgan fingerprint density at radius 2 is 1.64 bits per heavy atom. The van der Waals surface area contributed by atoms with Crippen LogP contribution in [0.25, 0.3) is 0 Å². The number of benzene rings is 2. The minimum absolute atomic E-state index is 0.0547. The summed E-state index contributed by atoms with van der Waals surface area (Å²) >= 11 is 0. The molecule has 2 saturated heterocycles. The normalized spacial score (nSPS) is 25.5. The summed E-state index contributed by atoms with van der Waals surface area (Å²) in [5, 5.41) is 9.28. The van der Waals surface area contributed by atoms with Crippen molar-refractivity contribution in [1.29, 1.82) is 5.26 Å². The highest BCUT2D eigenvalue weighted by Gasteiger charge is 2.43. The van der Waals surface area contributed by atoms with E-state index in [0.29, 0.717) is 23.2 Å². The van der Waals surface area contributed by atoms with Crippen molar-refractivity contribution in [1.82, 2.24) is 4.90 Å². The lowest BCUT2D eigenvalue weighted by molar-refractivity contribution is 0.0678. The van der Waals surface area contributed by atoms with Gasteiger partial charge in [0.05, 0.1) is 11.6 Å². The SMILES string of the molecule is N#Cc1ccccc1C(=O)C1CC2CCC(C1)N2Cc1ccccc1. The second-order valence-corrected chi connectivity index (χ2v) is 7.23. The molecule has 4 rings (SSSR count). The Balaban J connectivity index is 1.50. The quantitative estimate of drug-likeness (QED) is 0.790. The predicted octanol–water partition coefficient (Wildman–Crippen LogP) is 4.18. The molecule has 2 bridgehead atoms. The molecule has 2 fully saturated rings. The summed E-state index contributed by atoms with van der Waals surface area (Å²) in [6.07, 6.45) is 4.20. The average molecular weight is 330 g/mol. The maximum absolute atomic E-state index is 13.0. The number of piperidine rings is 1. The highest BCUT2D eigenvalue weighted by atomic mass is 16.1. The van der Waals surface area contributed by atoms with E-state index in [9.17, 15) is 10.1 Å². The van der Waals surface area contributed by atoms with Crippen molar-refractivity contribution in [3.63, 3.8) is 0 Å². The molecular formula is C22H22N2O. The molecule has 3 heteroatoms. The standard InChI is InChI=1S/C22H22N2O/c23-14-17-8-4-5-9-21(17)22(25)18-12-19-10-11-20(13-18)24(19)15-16-6-2-1-3-7-16/h1-9,18-20H,10-13,15H2. The minimum Gasteiger partial charge on any atom is -0.294 e. The van der Waals surface area contributed by atoms with Gasteiger partial charge in [-0.25, -0.2) is 0 Å². The van der Waals surface area contributed by atoms with Crippen LogP contribution < -0.4 is 0 Å². The summed E-state index contributed by atoms with van der Waals surface area (Å²) < 4.78 is 0. The van der Waals surface area contributed by atoms with Crippen LogP contribution in [0.15, 0.2) is 54.6 Å². The molecule has 0 aromatic heterocycles. The van der Waals surface area contributed by atoms with Gasteiger partial charge < -0.3 is 0 Å². The first-order chi connectivity index (χ1) is 12.3. The second kappa shape index (κ2) is 6.82. The third-order valence-electron chi connectivity index (χ3n) is 5.78. The lowest BCUT2D eigenvalue weighted by Gasteiger charge is -2.38. The number of hydrogen-bond donors (Lipinski definition) is 0. The Hall–Kier alpha value is -2.44. The van der Waals surface area contributed by atoms with Crippen molar-refractivity contribution >= 4 is 5.78 Å². The van der Waals surface area contributed by atoms with E-state index in [4.69, 9.17) is 0 Å². The number of hydrogen-bond acceptors (Lipinski definition) is 3. The van der Waals surface area contributed by atoms with Crippen molar-refractivity contribution in [2.24, 2.45) is 5.92 Å². The van der Waals surface area contributed by atoms with Crippen molar-refractivity contribution in [3.8, 4) is 6.07 Å². The fraction of sp³-hybridized carbons (Fsp3) is 0.364. The van der Waals surface area contributed by atoms with Gasteiger partial charge in [0.1, 0.15) is 0 Å². The zero-order valence-corrected chi connectivity index (χ0v) is 14.3. The van der Waals surface area contributed by atoms with Gasteiger partial charge in [0.25, 0.3) is 0 Å². The lowest BCUT2D eigenvalue weighted by atomic mass is 9.83. The van der Waals surface area contributed by atoms with Crippen molar-refractivity contribution in [2.75, 3.05) is 0 Å². The molecule has 0 aliphatic carbocycles. The molecule has 0 spiro atoms. The predicted molar refractivity (Wildman–Crippen MR) is 97.0 cm³/mol. The molecule has 0 N–H and O–H groups in total. The van der Waals surface area contributed by atoms with E-state index in [-0.39, 0.29) is 11.7 Å². The largest absolute Gasteiger partial charge is 0.294 e. The number of carbonyl (C=O) groups is 1. The minimum atomic E-state index is 0.0547. The number of Topliss-reactive ketones (excluding diaryl/α,β-unsaturated/α-hetero) is 1. The number of nitriles is 1. The number of nitrogens with zero attached hydrogens (tertiary/aromatic N) is 2. The van der Waals surface area contributed by atoms with E-state index in [1.165, 1.54) is 18.4 Å². The lowest BCUT2D eigenvalue weighted by Crippen LogP contribution is -2.44.